The fourth-order valence-corrected chi connectivity index (χ4v) is 2.36. The molecule has 0 fully saturated rings. The third-order valence-corrected chi connectivity index (χ3v) is 3.82. The van der Waals surface area contributed by atoms with Crippen molar-refractivity contribution in [2.24, 2.45) is 0 Å². The smallest absolute Gasteiger partial charge is 0.332 e. The molecule has 0 saturated carbocycles. The van der Waals surface area contributed by atoms with Gasteiger partial charge in [0.15, 0.2) is 5.78 Å². The fraction of sp³-hybridized carbons (Fsp3) is 0.143. The van der Waals surface area contributed by atoms with Gasteiger partial charge in [0.1, 0.15) is 0 Å². The van der Waals surface area contributed by atoms with Gasteiger partial charge < -0.3 is 10.4 Å². The van der Waals surface area contributed by atoms with Crippen molar-refractivity contribution in [3.8, 4) is 0 Å². The highest BCUT2D eigenvalue weighted by atomic mass is 35.5. The van der Waals surface area contributed by atoms with E-state index in [-0.39, 0.29) is 17.1 Å². The van der Waals surface area contributed by atoms with E-state index in [0.29, 0.717) is 20.6 Å². The van der Waals surface area contributed by atoms with Gasteiger partial charge in [0, 0.05) is 22.4 Å². The summed E-state index contributed by atoms with van der Waals surface area (Å²) in [6.07, 6.45) is 1.32. The van der Waals surface area contributed by atoms with Gasteiger partial charge in [0.05, 0.1) is 15.8 Å². The number of carboxylic acids is 1. The van der Waals surface area contributed by atoms with Crippen LogP contribution in [0, 0.1) is 0 Å². The summed E-state index contributed by atoms with van der Waals surface area (Å²) in [5, 5.41) is 12.6. The Hall–Kier alpha value is -1.43. The van der Waals surface area contributed by atoms with Crippen molar-refractivity contribution >= 4 is 46.7 Å². The van der Waals surface area contributed by atoms with E-state index in [2.05, 4.69) is 11.9 Å². The predicted molar refractivity (Wildman–Crippen MR) is 86.9 cm³/mol. The Balaban J connectivity index is 2.55. The number of Topliss-reactive ketones (excluding diaryl/α,β-unsaturated/α-hetero) is 1. The molecule has 4 nitrogen and oxygen atoms in total. The van der Waals surface area contributed by atoms with Crippen LogP contribution in [0.3, 0.4) is 0 Å². The average molecular weight is 346 g/mol. The molecule has 21 heavy (non-hydrogen) atoms. The first kappa shape index (κ1) is 17.6. The zero-order chi connectivity index (χ0) is 16.0. The monoisotopic (exact) mass is 345 g/mol. The number of halogens is 2. The number of nitrogens with one attached hydrogen (secondary N) is 1. The van der Waals surface area contributed by atoms with Crippen LogP contribution in [0.25, 0.3) is 0 Å². The topological polar surface area (TPSA) is 66.4 Å². The van der Waals surface area contributed by atoms with E-state index in [0.717, 1.165) is 11.8 Å². The first-order valence-electron chi connectivity index (χ1n) is 5.78. The molecule has 0 radical (unpaired) electrons. The highest BCUT2D eigenvalue weighted by molar-refractivity contribution is 8.03. The van der Waals surface area contributed by atoms with Crippen molar-refractivity contribution in [3.05, 3.63) is 57.2 Å². The largest absolute Gasteiger partial charge is 0.478 e. The molecule has 2 N–H and O–H groups in total. The summed E-state index contributed by atoms with van der Waals surface area (Å²) in [5.41, 5.74) is 0.530. The average Bonchev–Trinajstić information content (AvgIpc) is 2.41. The SMILES string of the molecule is C=C(N/C=C(\C)C(=O)O)SCC(=O)c1ccc(Cl)cc1Cl. The van der Waals surface area contributed by atoms with Gasteiger partial charge >= 0.3 is 5.97 Å². The minimum atomic E-state index is -1.02. The highest BCUT2D eigenvalue weighted by Crippen LogP contribution is 2.23. The Morgan fingerprint density at radius 1 is 1.43 bits per heavy atom. The van der Waals surface area contributed by atoms with Crippen molar-refractivity contribution in [3.63, 3.8) is 0 Å². The Kier molecular flexibility index (Phi) is 6.81. The van der Waals surface area contributed by atoms with E-state index in [1.165, 1.54) is 19.2 Å². The number of aliphatic carboxylic acids is 1. The van der Waals surface area contributed by atoms with Crippen molar-refractivity contribution in [2.45, 2.75) is 6.92 Å². The van der Waals surface area contributed by atoms with Crippen molar-refractivity contribution < 1.29 is 14.7 Å². The van der Waals surface area contributed by atoms with Gasteiger partial charge in [-0.25, -0.2) is 4.79 Å². The van der Waals surface area contributed by atoms with Crippen molar-refractivity contribution in [1.82, 2.24) is 5.32 Å². The lowest BCUT2D eigenvalue weighted by atomic mass is 10.1. The van der Waals surface area contributed by atoms with Gasteiger partial charge in [-0.3, -0.25) is 4.79 Å². The summed E-state index contributed by atoms with van der Waals surface area (Å²) in [6, 6.07) is 4.67. The molecule has 0 amide bonds. The fourth-order valence-electron chi connectivity index (χ4n) is 1.24. The Morgan fingerprint density at radius 3 is 2.67 bits per heavy atom. The number of ketones is 1. The second kappa shape index (κ2) is 8.12. The molecule has 0 bridgehead atoms. The minimum absolute atomic E-state index is 0.132. The lowest BCUT2D eigenvalue weighted by Gasteiger charge is -2.06. The van der Waals surface area contributed by atoms with Gasteiger partial charge in [-0.2, -0.15) is 0 Å². The number of rotatable bonds is 7. The molecule has 0 spiro atoms. The van der Waals surface area contributed by atoms with Crippen molar-refractivity contribution in [1.29, 1.82) is 0 Å². The van der Waals surface area contributed by atoms with E-state index in [4.69, 9.17) is 28.3 Å². The number of carbonyl (C=O) groups is 2. The minimum Gasteiger partial charge on any atom is -0.478 e. The first-order chi connectivity index (χ1) is 9.81. The highest BCUT2D eigenvalue weighted by Gasteiger charge is 2.11. The molecule has 0 aliphatic heterocycles. The zero-order valence-electron chi connectivity index (χ0n) is 11.2. The molecule has 0 aromatic heterocycles. The quantitative estimate of drug-likeness (QED) is 0.578. The Morgan fingerprint density at radius 2 is 2.10 bits per heavy atom. The molecular weight excluding hydrogens is 333 g/mol. The van der Waals surface area contributed by atoms with Gasteiger partial charge in [-0.05, 0) is 25.1 Å². The maximum absolute atomic E-state index is 12.0. The van der Waals surface area contributed by atoms with E-state index >= 15 is 0 Å². The van der Waals surface area contributed by atoms with Crippen LogP contribution < -0.4 is 5.32 Å². The molecule has 0 atom stereocenters. The summed E-state index contributed by atoms with van der Waals surface area (Å²) >= 11 is 12.9. The number of carbonyl (C=O) groups excluding carboxylic acids is 1. The van der Waals surface area contributed by atoms with Gasteiger partial charge in [0.25, 0.3) is 0 Å². The number of carboxylic acid groups (broad SMARTS) is 1. The maximum Gasteiger partial charge on any atom is 0.332 e. The molecule has 0 unspecified atom stereocenters. The molecule has 7 heteroatoms. The van der Waals surface area contributed by atoms with E-state index in [9.17, 15) is 9.59 Å². The van der Waals surface area contributed by atoms with Crippen molar-refractivity contribution in [2.75, 3.05) is 5.75 Å². The molecule has 0 heterocycles. The van der Waals surface area contributed by atoms with Gasteiger partial charge in [0.2, 0.25) is 0 Å². The van der Waals surface area contributed by atoms with Crippen LogP contribution >= 0.6 is 35.0 Å². The second-order valence-electron chi connectivity index (χ2n) is 4.04. The molecular formula is C14H13Cl2NO3S. The third kappa shape index (κ3) is 5.83. The third-order valence-electron chi connectivity index (χ3n) is 2.40. The summed E-state index contributed by atoms with van der Waals surface area (Å²) in [4.78, 5) is 22.6. The van der Waals surface area contributed by atoms with Crippen LogP contribution in [-0.2, 0) is 4.79 Å². The molecule has 112 valence electrons. The predicted octanol–water partition coefficient (Wildman–Crippen LogP) is 3.96. The molecule has 0 aliphatic carbocycles. The van der Waals surface area contributed by atoms with Crippen LogP contribution in [0.5, 0.6) is 0 Å². The number of hydrogen-bond acceptors (Lipinski definition) is 4. The summed E-state index contributed by atoms with van der Waals surface area (Å²) < 4.78 is 0. The number of hydrogen-bond donors (Lipinski definition) is 2. The number of thioether (sulfide) groups is 1. The van der Waals surface area contributed by atoms with Crippen LogP contribution in [0.4, 0.5) is 0 Å². The summed E-state index contributed by atoms with van der Waals surface area (Å²) in [7, 11) is 0. The zero-order valence-corrected chi connectivity index (χ0v) is 13.5. The van der Waals surface area contributed by atoms with Crippen LogP contribution in [0.15, 0.2) is 41.6 Å². The lowest BCUT2D eigenvalue weighted by Crippen LogP contribution is -2.09. The molecule has 0 aliphatic rings. The Labute approximate surface area is 136 Å². The Bertz CT molecular complexity index is 614. The number of benzene rings is 1. The van der Waals surface area contributed by atoms with Gasteiger partial charge in [-0.1, -0.05) is 29.8 Å². The molecule has 1 aromatic rings. The lowest BCUT2D eigenvalue weighted by molar-refractivity contribution is -0.132. The first-order valence-corrected chi connectivity index (χ1v) is 7.52. The normalized spacial score (nSPS) is 11.1. The van der Waals surface area contributed by atoms with Crippen LogP contribution in [0.1, 0.15) is 17.3 Å². The van der Waals surface area contributed by atoms with Crippen LogP contribution in [0.2, 0.25) is 10.0 Å². The van der Waals surface area contributed by atoms with Gasteiger partial charge in [-0.15, -0.1) is 11.8 Å². The molecule has 0 saturated heterocycles. The molecule has 1 aromatic carbocycles. The second-order valence-corrected chi connectivity index (χ2v) is 5.95. The molecule has 1 rings (SSSR count). The van der Waals surface area contributed by atoms with E-state index in [1.54, 1.807) is 12.1 Å². The van der Waals surface area contributed by atoms with E-state index in [1.807, 2.05) is 0 Å². The van der Waals surface area contributed by atoms with Crippen LogP contribution in [-0.4, -0.2) is 22.6 Å². The van der Waals surface area contributed by atoms with E-state index < -0.39 is 5.97 Å². The maximum atomic E-state index is 12.0. The summed E-state index contributed by atoms with van der Waals surface area (Å²) in [5.74, 6) is -1.06. The standard InChI is InChI=1S/C14H13Cl2NO3S/c1-8(14(19)20)6-17-9(2)21-7-13(18)11-4-3-10(15)5-12(11)16/h3-6,17H,2,7H2,1H3,(H,19,20)/b8-6+. The summed E-state index contributed by atoms with van der Waals surface area (Å²) in [6.45, 7) is 5.15.